The topological polar surface area (TPSA) is 87.6 Å². The fourth-order valence-corrected chi connectivity index (χ4v) is 7.25. The first kappa shape index (κ1) is 20.5. The molecule has 29 heavy (non-hydrogen) atoms. The van der Waals surface area contributed by atoms with Gasteiger partial charge in [-0.2, -0.15) is 0 Å². The van der Waals surface area contributed by atoms with E-state index in [1.807, 2.05) is 18.2 Å². The van der Waals surface area contributed by atoms with Crippen molar-refractivity contribution in [2.45, 2.75) is 17.8 Å². The van der Waals surface area contributed by atoms with Crippen LogP contribution in [-0.2, 0) is 16.4 Å². The number of halogens is 2. The molecule has 2 aliphatic heterocycles. The maximum Gasteiger partial charge on any atom is 0.251 e. The lowest BCUT2D eigenvalue weighted by Gasteiger charge is -2.11. The average Bonchev–Trinajstić information content (AvgIpc) is 3.15. The van der Waals surface area contributed by atoms with Crippen LogP contribution in [0.3, 0.4) is 0 Å². The molecule has 2 aromatic rings. The van der Waals surface area contributed by atoms with Crippen molar-refractivity contribution < 1.29 is 13.2 Å². The molecule has 0 saturated carbocycles. The third-order valence-electron chi connectivity index (χ3n) is 4.69. The molecule has 6 nitrogen and oxygen atoms in total. The molecule has 2 heterocycles. The lowest BCUT2D eigenvalue weighted by atomic mass is 10.1. The van der Waals surface area contributed by atoms with E-state index in [4.69, 9.17) is 23.2 Å². The zero-order valence-electron chi connectivity index (χ0n) is 15.1. The van der Waals surface area contributed by atoms with Crippen LogP contribution in [-0.4, -0.2) is 42.3 Å². The highest BCUT2D eigenvalue weighted by molar-refractivity contribution is 8.15. The number of sulfone groups is 1. The Morgan fingerprint density at radius 1 is 1.14 bits per heavy atom. The normalized spacial score (nSPS) is 22.1. The van der Waals surface area contributed by atoms with Crippen molar-refractivity contribution in [1.82, 2.24) is 5.32 Å². The summed E-state index contributed by atoms with van der Waals surface area (Å²) in [6.45, 7) is 0.310. The van der Waals surface area contributed by atoms with E-state index >= 15 is 0 Å². The van der Waals surface area contributed by atoms with Gasteiger partial charge >= 0.3 is 0 Å². The highest BCUT2D eigenvalue weighted by Gasteiger charge is 2.42. The molecule has 0 aliphatic carbocycles. The maximum absolute atomic E-state index is 12.5. The molecule has 2 aromatic carbocycles. The number of carbonyl (C=O) groups excluding carboxylic acids is 1. The van der Waals surface area contributed by atoms with Crippen molar-refractivity contribution >= 4 is 61.6 Å². The van der Waals surface area contributed by atoms with Crippen LogP contribution in [0.15, 0.2) is 47.5 Å². The molecular formula is C19H17Cl2N3O3S2. The van der Waals surface area contributed by atoms with Crippen LogP contribution in [0.25, 0.3) is 0 Å². The first-order valence-electron chi connectivity index (χ1n) is 8.84. The van der Waals surface area contributed by atoms with E-state index in [1.165, 1.54) is 11.8 Å². The first-order chi connectivity index (χ1) is 13.8. The molecular weight excluding hydrogens is 453 g/mol. The third kappa shape index (κ3) is 4.71. The van der Waals surface area contributed by atoms with E-state index in [0.29, 0.717) is 33.0 Å². The van der Waals surface area contributed by atoms with Gasteiger partial charge in [0.15, 0.2) is 15.0 Å². The number of amides is 1. The third-order valence-corrected chi connectivity index (χ3v) is 8.53. The van der Waals surface area contributed by atoms with Gasteiger partial charge in [-0.3, -0.25) is 9.79 Å². The number of rotatable bonds is 4. The van der Waals surface area contributed by atoms with E-state index in [-0.39, 0.29) is 28.7 Å². The van der Waals surface area contributed by atoms with Gasteiger partial charge in [0, 0.05) is 22.4 Å². The summed E-state index contributed by atoms with van der Waals surface area (Å²) in [4.78, 5) is 17.0. The smallest absolute Gasteiger partial charge is 0.251 e. The van der Waals surface area contributed by atoms with Crippen LogP contribution < -0.4 is 10.6 Å². The number of carbonyl (C=O) groups is 1. The predicted molar refractivity (Wildman–Crippen MR) is 119 cm³/mol. The highest BCUT2D eigenvalue weighted by atomic mass is 35.5. The van der Waals surface area contributed by atoms with Crippen molar-refractivity contribution in [2.24, 2.45) is 4.99 Å². The summed E-state index contributed by atoms with van der Waals surface area (Å²) in [5.74, 6) is -0.0443. The van der Waals surface area contributed by atoms with Crippen LogP contribution in [0.5, 0.6) is 0 Å². The minimum Gasteiger partial charge on any atom is -0.348 e. The summed E-state index contributed by atoms with van der Waals surface area (Å²) in [6, 6.07) is 12.0. The molecule has 2 N–H and O–H groups in total. The van der Waals surface area contributed by atoms with Crippen LogP contribution in [0.4, 0.5) is 5.69 Å². The molecule has 2 atom stereocenters. The van der Waals surface area contributed by atoms with Gasteiger partial charge in [-0.15, -0.1) is 0 Å². The Hall–Kier alpha value is -1.74. The standard InChI is InChI=1S/C19H17Cl2N3O3S2/c20-13-4-2-1-3-12(13)8-22-18(25)11-5-6-14(21)15(7-11)23-19-24-16-9-29(26,27)10-17(16)28-19/h1-7,16-17H,8-10H2,(H,22,25)(H,23,24). The van der Waals surface area contributed by atoms with Crippen molar-refractivity contribution in [3.8, 4) is 0 Å². The van der Waals surface area contributed by atoms with Crippen LogP contribution in [0.1, 0.15) is 15.9 Å². The number of nitrogens with one attached hydrogen (secondary N) is 2. The number of nitrogens with zero attached hydrogens (tertiary/aromatic N) is 1. The number of fused-ring (bicyclic) bond motifs is 1. The van der Waals surface area contributed by atoms with E-state index < -0.39 is 9.84 Å². The second-order valence-corrected chi connectivity index (χ2v) is 11.0. The number of aliphatic imine (C=N–C) groups is 1. The second kappa shape index (κ2) is 8.18. The molecule has 1 fully saturated rings. The van der Waals surface area contributed by atoms with E-state index in [1.54, 1.807) is 24.3 Å². The van der Waals surface area contributed by atoms with Gasteiger partial charge in [-0.1, -0.05) is 53.2 Å². The van der Waals surface area contributed by atoms with Gasteiger partial charge in [-0.25, -0.2) is 8.42 Å². The van der Waals surface area contributed by atoms with Crippen LogP contribution in [0.2, 0.25) is 10.0 Å². The lowest BCUT2D eigenvalue weighted by Crippen LogP contribution is -2.23. The van der Waals surface area contributed by atoms with Crippen molar-refractivity contribution in [2.75, 3.05) is 16.8 Å². The quantitative estimate of drug-likeness (QED) is 0.713. The Kier molecular flexibility index (Phi) is 5.79. The van der Waals surface area contributed by atoms with Gasteiger partial charge < -0.3 is 10.6 Å². The molecule has 2 aliphatic rings. The lowest BCUT2D eigenvalue weighted by molar-refractivity contribution is 0.0951. The summed E-state index contributed by atoms with van der Waals surface area (Å²) in [5.41, 5.74) is 1.81. The monoisotopic (exact) mass is 469 g/mol. The van der Waals surface area contributed by atoms with E-state index in [9.17, 15) is 13.2 Å². The molecule has 0 bridgehead atoms. The zero-order valence-corrected chi connectivity index (χ0v) is 18.2. The Bertz CT molecular complexity index is 1110. The van der Waals surface area contributed by atoms with E-state index in [0.717, 1.165) is 5.56 Å². The van der Waals surface area contributed by atoms with Crippen LogP contribution >= 0.6 is 35.0 Å². The molecule has 152 valence electrons. The Morgan fingerprint density at radius 2 is 1.93 bits per heavy atom. The molecule has 10 heteroatoms. The van der Waals surface area contributed by atoms with Gasteiger partial charge in [0.1, 0.15) is 0 Å². The number of hydrogen-bond acceptors (Lipinski definition) is 6. The predicted octanol–water partition coefficient (Wildman–Crippen LogP) is 3.60. The molecule has 0 spiro atoms. The van der Waals surface area contributed by atoms with Gasteiger partial charge in [0.25, 0.3) is 5.91 Å². The Morgan fingerprint density at radius 3 is 2.69 bits per heavy atom. The number of anilines is 1. The second-order valence-electron chi connectivity index (χ2n) is 6.83. The fourth-order valence-electron chi connectivity index (χ4n) is 3.21. The summed E-state index contributed by atoms with van der Waals surface area (Å²) >= 11 is 13.8. The van der Waals surface area contributed by atoms with Crippen molar-refractivity contribution in [1.29, 1.82) is 0 Å². The Labute approximate surface area is 183 Å². The maximum atomic E-state index is 12.5. The first-order valence-corrected chi connectivity index (χ1v) is 12.3. The summed E-state index contributed by atoms with van der Waals surface area (Å²) in [7, 11) is -3.00. The minimum atomic E-state index is -3.00. The van der Waals surface area contributed by atoms with Gasteiger partial charge in [0.2, 0.25) is 0 Å². The van der Waals surface area contributed by atoms with Gasteiger partial charge in [0.05, 0.1) is 28.3 Å². The number of hydrogen-bond donors (Lipinski definition) is 2. The Balaban J connectivity index is 1.44. The molecule has 1 amide bonds. The van der Waals surface area contributed by atoms with Crippen molar-refractivity contribution in [3.63, 3.8) is 0 Å². The average molecular weight is 470 g/mol. The minimum absolute atomic E-state index is 0.0663. The molecule has 1 saturated heterocycles. The largest absolute Gasteiger partial charge is 0.348 e. The summed E-state index contributed by atoms with van der Waals surface area (Å²) < 4.78 is 23.4. The van der Waals surface area contributed by atoms with E-state index in [2.05, 4.69) is 15.6 Å². The molecule has 0 radical (unpaired) electrons. The summed E-state index contributed by atoms with van der Waals surface area (Å²) in [5, 5.41) is 7.56. The molecule has 4 rings (SSSR count). The number of amidine groups is 1. The number of thioether (sulfide) groups is 1. The van der Waals surface area contributed by atoms with Crippen LogP contribution in [0, 0.1) is 0 Å². The highest BCUT2D eigenvalue weighted by Crippen LogP contribution is 2.35. The molecule has 2 unspecified atom stereocenters. The molecule has 0 aromatic heterocycles. The van der Waals surface area contributed by atoms with Crippen molar-refractivity contribution in [3.05, 3.63) is 63.6 Å². The summed E-state index contributed by atoms with van der Waals surface area (Å²) in [6.07, 6.45) is 0. The SMILES string of the molecule is O=C(NCc1ccccc1Cl)c1ccc(Cl)c(NC2=NC3CS(=O)(=O)CC3S2)c1. The fraction of sp³-hybridized carbons (Fsp3) is 0.263. The number of benzene rings is 2. The zero-order chi connectivity index (χ0) is 20.6. The van der Waals surface area contributed by atoms with Gasteiger partial charge in [-0.05, 0) is 29.8 Å².